The van der Waals surface area contributed by atoms with E-state index in [4.69, 9.17) is 11.6 Å². The lowest BCUT2D eigenvalue weighted by Crippen LogP contribution is -2.29. The normalized spacial score (nSPS) is 10.5. The van der Waals surface area contributed by atoms with Gasteiger partial charge in [0.15, 0.2) is 0 Å². The third kappa shape index (κ3) is 8.18. The molecule has 2 N–H and O–H groups in total. The number of benzene rings is 1. The fourth-order valence-corrected chi connectivity index (χ4v) is 2.04. The van der Waals surface area contributed by atoms with E-state index in [2.05, 4.69) is 17.6 Å². The zero-order chi connectivity index (χ0) is 14.6. The Bertz CT molecular complexity index is 379. The Morgan fingerprint density at radius 1 is 1.10 bits per heavy atom. The largest absolute Gasteiger partial charge is 0.356 e. The predicted octanol–water partition coefficient (Wildman–Crippen LogP) is 3.17. The Labute approximate surface area is 127 Å². The SMILES string of the molecule is CCCCCNCCC(=O)NCCc1ccc(Cl)cc1. The van der Waals surface area contributed by atoms with Crippen molar-refractivity contribution in [1.82, 2.24) is 10.6 Å². The van der Waals surface area contributed by atoms with E-state index in [1.807, 2.05) is 24.3 Å². The maximum Gasteiger partial charge on any atom is 0.221 e. The maximum atomic E-state index is 11.6. The van der Waals surface area contributed by atoms with E-state index in [9.17, 15) is 4.79 Å². The summed E-state index contributed by atoms with van der Waals surface area (Å²) in [6.45, 7) is 4.63. The number of amides is 1. The standard InChI is InChI=1S/C16H25ClN2O/c1-2-3-4-11-18-12-10-16(20)19-13-9-14-5-7-15(17)8-6-14/h5-8,18H,2-4,9-13H2,1H3,(H,19,20). The monoisotopic (exact) mass is 296 g/mol. The van der Waals surface area contributed by atoms with Gasteiger partial charge in [-0.1, -0.05) is 43.5 Å². The van der Waals surface area contributed by atoms with Gasteiger partial charge in [-0.05, 0) is 37.1 Å². The molecule has 0 radical (unpaired) electrons. The summed E-state index contributed by atoms with van der Waals surface area (Å²) in [4.78, 5) is 11.6. The first-order valence-corrected chi connectivity index (χ1v) is 7.82. The topological polar surface area (TPSA) is 41.1 Å². The summed E-state index contributed by atoms with van der Waals surface area (Å²) < 4.78 is 0. The Morgan fingerprint density at radius 3 is 2.55 bits per heavy atom. The minimum absolute atomic E-state index is 0.113. The molecule has 0 saturated heterocycles. The van der Waals surface area contributed by atoms with Gasteiger partial charge in [-0.15, -0.1) is 0 Å². The Balaban J connectivity index is 2.01. The molecule has 0 heterocycles. The first-order valence-electron chi connectivity index (χ1n) is 7.44. The summed E-state index contributed by atoms with van der Waals surface area (Å²) in [6, 6.07) is 7.73. The molecule has 1 amide bonds. The first-order chi connectivity index (χ1) is 9.72. The zero-order valence-electron chi connectivity index (χ0n) is 12.3. The highest BCUT2D eigenvalue weighted by atomic mass is 35.5. The van der Waals surface area contributed by atoms with E-state index < -0.39 is 0 Å². The molecular formula is C16H25ClN2O. The van der Waals surface area contributed by atoms with Crippen LogP contribution < -0.4 is 10.6 Å². The minimum atomic E-state index is 0.113. The molecule has 0 aliphatic rings. The average Bonchev–Trinajstić information content (AvgIpc) is 2.45. The van der Waals surface area contributed by atoms with Gasteiger partial charge in [0.2, 0.25) is 5.91 Å². The van der Waals surface area contributed by atoms with Crippen LogP contribution in [0.3, 0.4) is 0 Å². The Kier molecular flexibility index (Phi) is 9.09. The van der Waals surface area contributed by atoms with Gasteiger partial charge in [0.1, 0.15) is 0 Å². The van der Waals surface area contributed by atoms with Crippen molar-refractivity contribution in [3.05, 3.63) is 34.9 Å². The second-order valence-corrected chi connectivity index (χ2v) is 5.37. The maximum absolute atomic E-state index is 11.6. The average molecular weight is 297 g/mol. The first kappa shape index (κ1) is 17.0. The highest BCUT2D eigenvalue weighted by Gasteiger charge is 2.00. The molecule has 3 nitrogen and oxygen atoms in total. The summed E-state index contributed by atoms with van der Waals surface area (Å²) in [5, 5.41) is 6.97. The quantitative estimate of drug-likeness (QED) is 0.651. The number of nitrogens with one attached hydrogen (secondary N) is 2. The van der Waals surface area contributed by atoms with Crippen LogP contribution in [0.5, 0.6) is 0 Å². The molecule has 0 aliphatic heterocycles. The molecule has 0 aliphatic carbocycles. The van der Waals surface area contributed by atoms with Crippen molar-refractivity contribution >= 4 is 17.5 Å². The second-order valence-electron chi connectivity index (χ2n) is 4.93. The van der Waals surface area contributed by atoms with Gasteiger partial charge in [-0.25, -0.2) is 0 Å². The molecule has 0 saturated carbocycles. The third-order valence-corrected chi connectivity index (χ3v) is 3.39. The number of carbonyl (C=O) groups is 1. The zero-order valence-corrected chi connectivity index (χ0v) is 13.0. The van der Waals surface area contributed by atoms with E-state index in [-0.39, 0.29) is 5.91 Å². The summed E-state index contributed by atoms with van der Waals surface area (Å²) in [5.41, 5.74) is 1.19. The molecule has 1 aromatic rings. The highest BCUT2D eigenvalue weighted by molar-refractivity contribution is 6.30. The van der Waals surface area contributed by atoms with Crippen molar-refractivity contribution in [1.29, 1.82) is 0 Å². The lowest BCUT2D eigenvalue weighted by atomic mass is 10.1. The van der Waals surface area contributed by atoms with Crippen LogP contribution in [0.25, 0.3) is 0 Å². The fraction of sp³-hybridized carbons (Fsp3) is 0.562. The van der Waals surface area contributed by atoms with E-state index in [0.29, 0.717) is 13.0 Å². The van der Waals surface area contributed by atoms with Crippen molar-refractivity contribution in [3.63, 3.8) is 0 Å². The van der Waals surface area contributed by atoms with Crippen LogP contribution in [0.2, 0.25) is 5.02 Å². The molecule has 0 bridgehead atoms. The second kappa shape index (κ2) is 10.7. The number of carbonyl (C=O) groups excluding carboxylic acids is 1. The molecule has 4 heteroatoms. The predicted molar refractivity (Wildman–Crippen MR) is 85.2 cm³/mol. The van der Waals surface area contributed by atoms with Crippen molar-refractivity contribution < 1.29 is 4.79 Å². The van der Waals surface area contributed by atoms with E-state index in [1.54, 1.807) is 0 Å². The van der Waals surface area contributed by atoms with Gasteiger partial charge in [0.25, 0.3) is 0 Å². The van der Waals surface area contributed by atoms with Crippen molar-refractivity contribution in [2.45, 2.75) is 39.0 Å². The van der Waals surface area contributed by atoms with Crippen LogP contribution in [-0.2, 0) is 11.2 Å². The summed E-state index contributed by atoms with van der Waals surface area (Å²) >= 11 is 5.82. The number of rotatable bonds is 10. The van der Waals surface area contributed by atoms with Crippen molar-refractivity contribution in [2.24, 2.45) is 0 Å². The lowest BCUT2D eigenvalue weighted by Gasteiger charge is -2.06. The van der Waals surface area contributed by atoms with Crippen LogP contribution in [0.4, 0.5) is 0 Å². The molecule has 0 atom stereocenters. The van der Waals surface area contributed by atoms with Gasteiger partial charge in [0, 0.05) is 24.5 Å². The van der Waals surface area contributed by atoms with Crippen molar-refractivity contribution in [2.75, 3.05) is 19.6 Å². The van der Waals surface area contributed by atoms with Crippen molar-refractivity contribution in [3.8, 4) is 0 Å². The third-order valence-electron chi connectivity index (χ3n) is 3.14. The molecule has 0 fully saturated rings. The number of hydrogen-bond acceptors (Lipinski definition) is 2. The summed E-state index contributed by atoms with van der Waals surface area (Å²) in [6.07, 6.45) is 5.06. The highest BCUT2D eigenvalue weighted by Crippen LogP contribution is 2.09. The van der Waals surface area contributed by atoms with Crippen LogP contribution in [0.1, 0.15) is 38.2 Å². The van der Waals surface area contributed by atoms with E-state index in [1.165, 1.54) is 24.8 Å². The van der Waals surface area contributed by atoms with Gasteiger partial charge >= 0.3 is 0 Å². The molecule has 0 unspecified atom stereocenters. The Hall–Kier alpha value is -1.06. The molecule has 0 spiro atoms. The lowest BCUT2D eigenvalue weighted by molar-refractivity contribution is -0.120. The van der Waals surface area contributed by atoms with E-state index >= 15 is 0 Å². The number of hydrogen-bond donors (Lipinski definition) is 2. The van der Waals surface area contributed by atoms with Gasteiger partial charge in [-0.2, -0.15) is 0 Å². The molecule has 1 rings (SSSR count). The van der Waals surface area contributed by atoms with Crippen LogP contribution in [0.15, 0.2) is 24.3 Å². The number of halogens is 1. The van der Waals surface area contributed by atoms with Gasteiger partial charge < -0.3 is 10.6 Å². The van der Waals surface area contributed by atoms with Gasteiger partial charge in [0.05, 0.1) is 0 Å². The smallest absolute Gasteiger partial charge is 0.221 e. The van der Waals surface area contributed by atoms with Crippen LogP contribution in [0, 0.1) is 0 Å². The number of unbranched alkanes of at least 4 members (excludes halogenated alkanes) is 2. The summed E-state index contributed by atoms with van der Waals surface area (Å²) in [5.74, 6) is 0.113. The van der Waals surface area contributed by atoms with E-state index in [0.717, 1.165) is 24.5 Å². The molecule has 112 valence electrons. The Morgan fingerprint density at radius 2 is 1.85 bits per heavy atom. The minimum Gasteiger partial charge on any atom is -0.356 e. The molecular weight excluding hydrogens is 272 g/mol. The van der Waals surface area contributed by atoms with Crippen LogP contribution >= 0.6 is 11.6 Å². The molecule has 20 heavy (non-hydrogen) atoms. The molecule has 0 aromatic heterocycles. The molecule has 1 aromatic carbocycles. The summed E-state index contributed by atoms with van der Waals surface area (Å²) in [7, 11) is 0. The van der Waals surface area contributed by atoms with Gasteiger partial charge in [-0.3, -0.25) is 4.79 Å². The fourth-order valence-electron chi connectivity index (χ4n) is 1.91. The van der Waals surface area contributed by atoms with Crippen LogP contribution in [-0.4, -0.2) is 25.5 Å².